The molecule has 2 heterocycles. The van der Waals surface area contributed by atoms with E-state index < -0.39 is 17.6 Å². The van der Waals surface area contributed by atoms with Crippen molar-refractivity contribution in [3.8, 4) is 22.8 Å². The topological polar surface area (TPSA) is 94.3 Å². The van der Waals surface area contributed by atoms with Crippen LogP contribution in [0.15, 0.2) is 75.7 Å². The highest BCUT2D eigenvalue weighted by Gasteiger charge is 2.31. The maximum absolute atomic E-state index is 13.0. The largest absolute Gasteiger partial charge is 0.454 e. The first-order chi connectivity index (χ1) is 14.8. The number of hydrogen-bond donors (Lipinski definition) is 2. The molecule has 4 rings (SSSR count). The molecular weight excluding hydrogens is 411 g/mol. The van der Waals surface area contributed by atoms with Crippen molar-refractivity contribution in [3.05, 3.63) is 83.4 Å². The summed E-state index contributed by atoms with van der Waals surface area (Å²) in [4.78, 5) is 12.7. The van der Waals surface area contributed by atoms with Crippen molar-refractivity contribution in [2.45, 2.75) is 12.7 Å². The van der Waals surface area contributed by atoms with Crippen LogP contribution in [0.5, 0.6) is 0 Å². The maximum Gasteiger partial charge on any atom is 0.416 e. The molecule has 0 radical (unpaired) electrons. The Balaban J connectivity index is 1.59. The van der Waals surface area contributed by atoms with E-state index in [2.05, 4.69) is 10.5 Å². The monoisotopic (exact) mass is 427 g/mol. The van der Waals surface area contributed by atoms with Crippen LogP contribution in [0.25, 0.3) is 22.8 Å². The van der Waals surface area contributed by atoms with E-state index in [1.165, 1.54) is 24.3 Å². The summed E-state index contributed by atoms with van der Waals surface area (Å²) < 4.78 is 49.6. The Labute approximate surface area is 174 Å². The van der Waals surface area contributed by atoms with E-state index in [0.29, 0.717) is 0 Å². The molecule has 9 heteroatoms. The highest BCUT2D eigenvalue weighted by atomic mass is 19.4. The van der Waals surface area contributed by atoms with Crippen molar-refractivity contribution in [2.75, 3.05) is 5.73 Å². The summed E-state index contributed by atoms with van der Waals surface area (Å²) in [5.41, 5.74) is 6.14. The van der Waals surface area contributed by atoms with Crippen LogP contribution < -0.4 is 11.1 Å². The standard InChI is InChI=1S/C22H16F3N3O3/c23-22(24,25)15-8-4-7-14(11-15)16-9-10-17(30-16)19-18(20(26)31-28-19)21(29)27-12-13-5-2-1-3-6-13/h1-11H,12,26H2,(H,27,29). The number of nitrogens with one attached hydrogen (secondary N) is 1. The zero-order valence-electron chi connectivity index (χ0n) is 15.9. The molecule has 0 aliphatic carbocycles. The van der Waals surface area contributed by atoms with E-state index in [1.54, 1.807) is 0 Å². The predicted octanol–water partition coefficient (Wildman–Crippen LogP) is 5.13. The lowest BCUT2D eigenvalue weighted by Crippen LogP contribution is -2.23. The molecule has 0 saturated heterocycles. The SMILES string of the molecule is Nc1onc(-c2ccc(-c3cccc(C(F)(F)F)c3)o2)c1C(=O)NCc1ccccc1. The smallest absolute Gasteiger partial charge is 0.416 e. The molecule has 0 aliphatic rings. The molecule has 0 atom stereocenters. The Morgan fingerprint density at radius 3 is 2.48 bits per heavy atom. The van der Waals surface area contributed by atoms with E-state index in [4.69, 9.17) is 14.7 Å². The van der Waals surface area contributed by atoms with Crippen molar-refractivity contribution in [1.29, 1.82) is 0 Å². The van der Waals surface area contributed by atoms with Crippen LogP contribution in [-0.2, 0) is 12.7 Å². The predicted molar refractivity (Wildman–Crippen MR) is 107 cm³/mol. The number of amides is 1. The Morgan fingerprint density at radius 1 is 1.00 bits per heavy atom. The van der Waals surface area contributed by atoms with E-state index in [0.717, 1.165) is 17.7 Å². The fraction of sp³-hybridized carbons (Fsp3) is 0.0909. The van der Waals surface area contributed by atoms with Crippen LogP contribution in [-0.4, -0.2) is 11.1 Å². The second kappa shape index (κ2) is 8.02. The molecule has 1 amide bonds. The van der Waals surface area contributed by atoms with Gasteiger partial charge in [0.1, 0.15) is 11.3 Å². The highest BCUT2D eigenvalue weighted by Crippen LogP contribution is 2.35. The molecule has 158 valence electrons. The number of furan rings is 1. The number of carbonyl (C=O) groups excluding carboxylic acids is 1. The number of nitrogens with two attached hydrogens (primary N) is 1. The van der Waals surface area contributed by atoms with Gasteiger partial charge in [0.15, 0.2) is 11.5 Å². The molecule has 3 N–H and O–H groups in total. The molecule has 2 aromatic carbocycles. The molecular formula is C22H16F3N3O3. The van der Waals surface area contributed by atoms with Crippen LogP contribution in [0.1, 0.15) is 21.5 Å². The van der Waals surface area contributed by atoms with Gasteiger partial charge >= 0.3 is 6.18 Å². The van der Waals surface area contributed by atoms with Gasteiger partial charge < -0.3 is 20.0 Å². The quantitative estimate of drug-likeness (QED) is 0.460. The lowest BCUT2D eigenvalue weighted by molar-refractivity contribution is -0.137. The average molecular weight is 427 g/mol. The van der Waals surface area contributed by atoms with Gasteiger partial charge in [0.2, 0.25) is 5.88 Å². The Kier molecular flexibility index (Phi) is 5.24. The molecule has 0 bridgehead atoms. The lowest BCUT2D eigenvalue weighted by atomic mass is 10.1. The second-order valence-corrected chi connectivity index (χ2v) is 6.68. The molecule has 6 nitrogen and oxygen atoms in total. The highest BCUT2D eigenvalue weighted by molar-refractivity contribution is 6.03. The Bertz CT molecular complexity index is 1210. The summed E-state index contributed by atoms with van der Waals surface area (Å²) in [7, 11) is 0. The third-order valence-corrected chi connectivity index (χ3v) is 4.56. The minimum atomic E-state index is -4.48. The zero-order valence-corrected chi connectivity index (χ0v) is 15.9. The first-order valence-electron chi connectivity index (χ1n) is 9.18. The fourth-order valence-corrected chi connectivity index (χ4v) is 3.03. The summed E-state index contributed by atoms with van der Waals surface area (Å²) in [5, 5.41) is 6.52. The first-order valence-corrected chi connectivity index (χ1v) is 9.18. The summed E-state index contributed by atoms with van der Waals surface area (Å²) in [6.07, 6.45) is -4.48. The van der Waals surface area contributed by atoms with E-state index >= 15 is 0 Å². The van der Waals surface area contributed by atoms with Gasteiger partial charge in [-0.05, 0) is 29.8 Å². The third-order valence-electron chi connectivity index (χ3n) is 4.56. The number of rotatable bonds is 5. The van der Waals surface area contributed by atoms with Crippen molar-refractivity contribution < 1.29 is 26.9 Å². The molecule has 0 saturated carbocycles. The number of aromatic nitrogens is 1. The average Bonchev–Trinajstić information content (AvgIpc) is 3.39. The van der Waals surface area contributed by atoms with Gasteiger partial charge in [-0.3, -0.25) is 4.79 Å². The number of alkyl halides is 3. The summed E-state index contributed by atoms with van der Waals surface area (Å²) >= 11 is 0. The van der Waals surface area contributed by atoms with Gasteiger partial charge in [-0.15, -0.1) is 0 Å². The van der Waals surface area contributed by atoms with Crippen LogP contribution in [0.2, 0.25) is 0 Å². The van der Waals surface area contributed by atoms with Crippen molar-refractivity contribution >= 4 is 11.8 Å². The summed E-state index contributed by atoms with van der Waals surface area (Å²) in [5.74, 6) is -0.400. The van der Waals surface area contributed by atoms with Gasteiger partial charge in [-0.2, -0.15) is 13.2 Å². The zero-order chi connectivity index (χ0) is 22.0. The van der Waals surface area contributed by atoms with Crippen LogP contribution in [0.4, 0.5) is 19.1 Å². The molecule has 0 aliphatic heterocycles. The molecule has 4 aromatic rings. The normalized spacial score (nSPS) is 11.5. The Morgan fingerprint density at radius 2 is 1.74 bits per heavy atom. The van der Waals surface area contributed by atoms with Crippen molar-refractivity contribution in [1.82, 2.24) is 10.5 Å². The number of halogens is 3. The number of benzene rings is 2. The second-order valence-electron chi connectivity index (χ2n) is 6.68. The minimum Gasteiger partial charge on any atom is -0.454 e. The number of hydrogen-bond acceptors (Lipinski definition) is 5. The van der Waals surface area contributed by atoms with Gasteiger partial charge in [0.25, 0.3) is 5.91 Å². The summed E-state index contributed by atoms with van der Waals surface area (Å²) in [6.45, 7) is 0.261. The molecule has 0 fully saturated rings. The van der Waals surface area contributed by atoms with E-state index in [9.17, 15) is 18.0 Å². The first kappa shape index (κ1) is 20.3. The number of carbonyl (C=O) groups is 1. The fourth-order valence-electron chi connectivity index (χ4n) is 3.03. The number of nitrogen functional groups attached to an aromatic ring is 1. The van der Waals surface area contributed by atoms with Crippen LogP contribution in [0.3, 0.4) is 0 Å². The van der Waals surface area contributed by atoms with Gasteiger partial charge in [0.05, 0.1) is 5.56 Å². The van der Waals surface area contributed by atoms with Gasteiger partial charge in [0, 0.05) is 12.1 Å². The molecule has 0 spiro atoms. The van der Waals surface area contributed by atoms with E-state index in [1.807, 2.05) is 30.3 Å². The molecule has 0 unspecified atom stereocenters. The van der Waals surface area contributed by atoms with Gasteiger partial charge in [-0.1, -0.05) is 47.6 Å². The molecule has 31 heavy (non-hydrogen) atoms. The lowest BCUT2D eigenvalue weighted by Gasteiger charge is -2.07. The van der Waals surface area contributed by atoms with Crippen molar-refractivity contribution in [3.63, 3.8) is 0 Å². The summed E-state index contributed by atoms with van der Waals surface area (Å²) in [6, 6.07) is 17.0. The van der Waals surface area contributed by atoms with E-state index in [-0.39, 0.29) is 40.8 Å². The maximum atomic E-state index is 13.0. The number of nitrogens with zero attached hydrogens (tertiary/aromatic N) is 1. The van der Waals surface area contributed by atoms with Crippen LogP contribution >= 0.6 is 0 Å². The van der Waals surface area contributed by atoms with Crippen LogP contribution in [0, 0.1) is 0 Å². The minimum absolute atomic E-state index is 0.0131. The molecule has 2 aromatic heterocycles. The third kappa shape index (κ3) is 4.30. The Hall–Kier alpha value is -4.01. The number of anilines is 1. The van der Waals surface area contributed by atoms with Gasteiger partial charge in [-0.25, -0.2) is 0 Å². The van der Waals surface area contributed by atoms with Crippen molar-refractivity contribution in [2.24, 2.45) is 0 Å².